The average molecular weight is 231 g/mol. The molecule has 0 saturated heterocycles. The molecule has 17 heavy (non-hydrogen) atoms. The Morgan fingerprint density at radius 2 is 2.06 bits per heavy atom. The first-order chi connectivity index (χ1) is 8.11. The number of nitrogens with one attached hydrogen (secondary N) is 1. The molecule has 0 amide bonds. The standard InChI is InChI=1S/C14H17NO2/c1-4-9-17-14(16)10-12(3)15-13-7-5-11(2)6-8-13/h4-8,10,15H,1,9H2,2-3H3/b12-10-. The number of benzene rings is 1. The van der Waals surface area contributed by atoms with Crippen molar-refractivity contribution in [3.8, 4) is 0 Å². The lowest BCUT2D eigenvalue weighted by Gasteiger charge is -2.06. The summed E-state index contributed by atoms with van der Waals surface area (Å²) >= 11 is 0. The van der Waals surface area contributed by atoms with Crippen molar-refractivity contribution >= 4 is 11.7 Å². The molecule has 0 saturated carbocycles. The van der Waals surface area contributed by atoms with E-state index in [1.54, 1.807) is 0 Å². The third-order valence-corrected chi connectivity index (χ3v) is 2.07. The van der Waals surface area contributed by atoms with Crippen molar-refractivity contribution in [2.75, 3.05) is 11.9 Å². The molecule has 90 valence electrons. The van der Waals surface area contributed by atoms with Gasteiger partial charge in [0.25, 0.3) is 0 Å². The SMILES string of the molecule is C=CCOC(=O)/C=C(/C)Nc1ccc(C)cc1. The van der Waals surface area contributed by atoms with E-state index in [1.807, 2.05) is 38.1 Å². The second kappa shape index (κ2) is 6.53. The molecule has 0 heterocycles. The molecule has 0 radical (unpaired) electrons. The maximum atomic E-state index is 11.3. The van der Waals surface area contributed by atoms with Gasteiger partial charge in [0.2, 0.25) is 0 Å². The third-order valence-electron chi connectivity index (χ3n) is 2.07. The number of carbonyl (C=O) groups is 1. The molecule has 1 aromatic carbocycles. The van der Waals surface area contributed by atoms with Gasteiger partial charge in [0.15, 0.2) is 0 Å². The molecule has 0 aliphatic heterocycles. The van der Waals surface area contributed by atoms with E-state index >= 15 is 0 Å². The van der Waals surface area contributed by atoms with E-state index in [0.29, 0.717) is 0 Å². The van der Waals surface area contributed by atoms with Crippen molar-refractivity contribution < 1.29 is 9.53 Å². The molecule has 0 unspecified atom stereocenters. The van der Waals surface area contributed by atoms with Gasteiger partial charge in [-0.25, -0.2) is 4.79 Å². The van der Waals surface area contributed by atoms with E-state index in [1.165, 1.54) is 17.7 Å². The largest absolute Gasteiger partial charge is 0.458 e. The Morgan fingerprint density at radius 1 is 1.41 bits per heavy atom. The zero-order valence-electron chi connectivity index (χ0n) is 10.2. The van der Waals surface area contributed by atoms with Crippen molar-refractivity contribution in [1.82, 2.24) is 0 Å². The van der Waals surface area contributed by atoms with Gasteiger partial charge in [0.1, 0.15) is 6.61 Å². The number of aryl methyl sites for hydroxylation is 1. The van der Waals surface area contributed by atoms with Crippen LogP contribution in [0.4, 0.5) is 5.69 Å². The monoisotopic (exact) mass is 231 g/mol. The van der Waals surface area contributed by atoms with E-state index in [4.69, 9.17) is 4.74 Å². The van der Waals surface area contributed by atoms with E-state index in [0.717, 1.165) is 11.4 Å². The highest BCUT2D eigenvalue weighted by molar-refractivity contribution is 5.83. The van der Waals surface area contributed by atoms with Crippen LogP contribution >= 0.6 is 0 Å². The van der Waals surface area contributed by atoms with Crippen LogP contribution < -0.4 is 5.32 Å². The van der Waals surface area contributed by atoms with E-state index in [9.17, 15) is 4.79 Å². The van der Waals surface area contributed by atoms with Crippen molar-refractivity contribution in [2.45, 2.75) is 13.8 Å². The van der Waals surface area contributed by atoms with Gasteiger partial charge in [0.05, 0.1) is 0 Å². The van der Waals surface area contributed by atoms with Crippen LogP contribution in [0.15, 0.2) is 48.7 Å². The van der Waals surface area contributed by atoms with Gasteiger partial charge in [-0.05, 0) is 26.0 Å². The number of ether oxygens (including phenoxy) is 1. The molecule has 1 aromatic rings. The minimum Gasteiger partial charge on any atom is -0.458 e. The van der Waals surface area contributed by atoms with Crippen molar-refractivity contribution in [2.24, 2.45) is 0 Å². The minimum absolute atomic E-state index is 0.229. The number of esters is 1. The molecular formula is C14H17NO2. The quantitative estimate of drug-likeness (QED) is 0.481. The van der Waals surface area contributed by atoms with Crippen LogP contribution in [0.1, 0.15) is 12.5 Å². The Kier molecular flexibility index (Phi) is 5.01. The molecule has 0 aromatic heterocycles. The van der Waals surface area contributed by atoms with Crippen LogP contribution in [0.5, 0.6) is 0 Å². The second-order valence-corrected chi connectivity index (χ2v) is 3.74. The van der Waals surface area contributed by atoms with Crippen LogP contribution in [0.25, 0.3) is 0 Å². The van der Waals surface area contributed by atoms with Crippen LogP contribution in [-0.4, -0.2) is 12.6 Å². The summed E-state index contributed by atoms with van der Waals surface area (Å²) in [7, 11) is 0. The Hall–Kier alpha value is -2.03. The zero-order valence-corrected chi connectivity index (χ0v) is 10.2. The van der Waals surface area contributed by atoms with Gasteiger partial charge in [0, 0.05) is 17.5 Å². The fraction of sp³-hybridized carbons (Fsp3) is 0.214. The summed E-state index contributed by atoms with van der Waals surface area (Å²) < 4.78 is 4.85. The number of hydrogen-bond acceptors (Lipinski definition) is 3. The maximum absolute atomic E-state index is 11.3. The first-order valence-corrected chi connectivity index (χ1v) is 5.41. The fourth-order valence-corrected chi connectivity index (χ4v) is 1.26. The predicted molar refractivity (Wildman–Crippen MR) is 69.7 cm³/mol. The molecule has 1 N–H and O–H groups in total. The Balaban J connectivity index is 2.56. The van der Waals surface area contributed by atoms with Crippen LogP contribution in [0.3, 0.4) is 0 Å². The van der Waals surface area contributed by atoms with Gasteiger partial charge >= 0.3 is 5.97 Å². The fourth-order valence-electron chi connectivity index (χ4n) is 1.26. The molecule has 0 spiro atoms. The lowest BCUT2D eigenvalue weighted by atomic mass is 10.2. The average Bonchev–Trinajstić information content (AvgIpc) is 2.29. The first-order valence-electron chi connectivity index (χ1n) is 5.41. The normalized spacial score (nSPS) is 10.8. The summed E-state index contributed by atoms with van der Waals surface area (Å²) in [5.41, 5.74) is 2.88. The van der Waals surface area contributed by atoms with Crippen molar-refractivity contribution in [3.63, 3.8) is 0 Å². The number of allylic oxidation sites excluding steroid dienone is 1. The molecule has 3 nitrogen and oxygen atoms in total. The lowest BCUT2D eigenvalue weighted by Crippen LogP contribution is -2.04. The topological polar surface area (TPSA) is 38.3 Å². The first kappa shape index (κ1) is 13.0. The second-order valence-electron chi connectivity index (χ2n) is 3.74. The van der Waals surface area contributed by atoms with Crippen molar-refractivity contribution in [1.29, 1.82) is 0 Å². The molecule has 0 atom stereocenters. The van der Waals surface area contributed by atoms with Gasteiger partial charge in [-0.3, -0.25) is 0 Å². The smallest absolute Gasteiger partial charge is 0.332 e. The molecule has 1 rings (SSSR count). The summed E-state index contributed by atoms with van der Waals surface area (Å²) in [5.74, 6) is -0.373. The molecule has 3 heteroatoms. The molecule has 0 aliphatic rings. The van der Waals surface area contributed by atoms with Gasteiger partial charge in [-0.2, -0.15) is 0 Å². The summed E-state index contributed by atoms with van der Waals surface area (Å²) in [4.78, 5) is 11.3. The van der Waals surface area contributed by atoms with Gasteiger partial charge < -0.3 is 10.1 Å². The molecule has 0 aliphatic carbocycles. The van der Waals surface area contributed by atoms with Gasteiger partial charge in [-0.15, -0.1) is 0 Å². The van der Waals surface area contributed by atoms with Crippen LogP contribution in [0, 0.1) is 6.92 Å². The maximum Gasteiger partial charge on any atom is 0.332 e. The van der Waals surface area contributed by atoms with E-state index < -0.39 is 0 Å². The van der Waals surface area contributed by atoms with Crippen molar-refractivity contribution in [3.05, 3.63) is 54.3 Å². The number of hydrogen-bond donors (Lipinski definition) is 1. The summed E-state index contributed by atoms with van der Waals surface area (Å²) in [6.07, 6.45) is 2.96. The Bertz CT molecular complexity index is 418. The Labute approximate surface area is 102 Å². The summed E-state index contributed by atoms with van der Waals surface area (Å²) in [6.45, 7) is 7.54. The number of anilines is 1. The van der Waals surface area contributed by atoms with Gasteiger partial charge in [-0.1, -0.05) is 30.4 Å². The molecule has 0 fully saturated rings. The highest BCUT2D eigenvalue weighted by atomic mass is 16.5. The lowest BCUT2D eigenvalue weighted by molar-refractivity contribution is -0.136. The van der Waals surface area contributed by atoms with Crippen LogP contribution in [-0.2, 0) is 9.53 Å². The highest BCUT2D eigenvalue weighted by Crippen LogP contribution is 2.11. The minimum atomic E-state index is -0.373. The van der Waals surface area contributed by atoms with Crippen LogP contribution in [0.2, 0.25) is 0 Å². The molecule has 0 bridgehead atoms. The number of rotatable bonds is 5. The summed E-state index contributed by atoms with van der Waals surface area (Å²) in [6, 6.07) is 7.93. The van der Waals surface area contributed by atoms with E-state index in [2.05, 4.69) is 11.9 Å². The predicted octanol–water partition coefficient (Wildman–Crippen LogP) is 3.04. The zero-order chi connectivity index (χ0) is 12.7. The highest BCUT2D eigenvalue weighted by Gasteiger charge is 1.98. The third kappa shape index (κ3) is 5.02. The summed E-state index contributed by atoms with van der Waals surface area (Å²) in [5, 5.41) is 3.11. The Morgan fingerprint density at radius 3 is 2.65 bits per heavy atom. The number of carbonyl (C=O) groups excluding carboxylic acids is 1. The molecular weight excluding hydrogens is 214 g/mol. The van der Waals surface area contributed by atoms with E-state index in [-0.39, 0.29) is 12.6 Å².